The zero-order valence-corrected chi connectivity index (χ0v) is 18.4. The first kappa shape index (κ1) is 21.5. The van der Waals surface area contributed by atoms with E-state index in [-0.39, 0.29) is 0 Å². The molecule has 0 fully saturated rings. The van der Waals surface area contributed by atoms with Gasteiger partial charge in [-0.05, 0) is 18.2 Å². The van der Waals surface area contributed by atoms with E-state index in [1.54, 1.807) is 49.0 Å². The van der Waals surface area contributed by atoms with Crippen molar-refractivity contribution in [3.05, 3.63) is 46.9 Å². The fourth-order valence-electron chi connectivity index (χ4n) is 2.66. The number of halogens is 1. The lowest BCUT2D eigenvalue weighted by molar-refractivity contribution is 0.262. The molecule has 0 bridgehead atoms. The molecule has 0 spiro atoms. The second kappa shape index (κ2) is 9.55. The standard InChI is InChI=1S/C20H21ClN4O4S/c1-25(2)14-11-17(29-16-7-5-6-15(27-3)18(16)28-4)13(10-12(14)21)23-19(26)24-20-22-8-9-30-20/h5-11H,1-4H3,(H2,22,23,24,26). The van der Waals surface area contributed by atoms with Crippen molar-refractivity contribution in [1.82, 2.24) is 4.98 Å². The summed E-state index contributed by atoms with van der Waals surface area (Å²) >= 11 is 7.72. The number of benzene rings is 2. The zero-order chi connectivity index (χ0) is 21.7. The zero-order valence-electron chi connectivity index (χ0n) is 16.9. The van der Waals surface area contributed by atoms with Crippen LogP contribution in [0.1, 0.15) is 0 Å². The monoisotopic (exact) mass is 448 g/mol. The predicted molar refractivity (Wildman–Crippen MR) is 120 cm³/mol. The Morgan fingerprint density at radius 3 is 2.50 bits per heavy atom. The number of hydrogen-bond acceptors (Lipinski definition) is 7. The molecular weight excluding hydrogens is 428 g/mol. The van der Waals surface area contributed by atoms with Gasteiger partial charge in [0.25, 0.3) is 0 Å². The molecule has 2 N–H and O–H groups in total. The van der Waals surface area contributed by atoms with Gasteiger partial charge in [-0.2, -0.15) is 0 Å². The average Bonchev–Trinajstić information content (AvgIpc) is 3.22. The molecule has 0 unspecified atom stereocenters. The van der Waals surface area contributed by atoms with Crippen molar-refractivity contribution in [2.75, 3.05) is 43.8 Å². The van der Waals surface area contributed by atoms with Crippen LogP contribution in [0.25, 0.3) is 0 Å². The second-order valence-corrected chi connectivity index (χ2v) is 7.51. The van der Waals surface area contributed by atoms with Gasteiger partial charge in [-0.25, -0.2) is 9.78 Å². The van der Waals surface area contributed by atoms with Crippen molar-refractivity contribution in [2.45, 2.75) is 0 Å². The molecule has 0 saturated carbocycles. The number of urea groups is 1. The molecule has 3 aromatic rings. The van der Waals surface area contributed by atoms with Crippen molar-refractivity contribution in [1.29, 1.82) is 0 Å². The number of rotatable bonds is 7. The molecular formula is C20H21ClN4O4S. The van der Waals surface area contributed by atoms with Gasteiger partial charge >= 0.3 is 6.03 Å². The third kappa shape index (κ3) is 4.87. The Morgan fingerprint density at radius 1 is 1.10 bits per heavy atom. The summed E-state index contributed by atoms with van der Waals surface area (Å²) in [5.41, 5.74) is 1.10. The van der Waals surface area contributed by atoms with Gasteiger partial charge < -0.3 is 24.4 Å². The normalized spacial score (nSPS) is 10.3. The van der Waals surface area contributed by atoms with E-state index in [1.807, 2.05) is 19.0 Å². The van der Waals surface area contributed by atoms with Gasteiger partial charge in [0, 0.05) is 31.7 Å². The fourth-order valence-corrected chi connectivity index (χ4v) is 3.52. The number of carbonyl (C=O) groups is 1. The first-order chi connectivity index (χ1) is 14.4. The second-order valence-electron chi connectivity index (χ2n) is 6.20. The lowest BCUT2D eigenvalue weighted by atomic mass is 10.2. The molecule has 8 nitrogen and oxygen atoms in total. The van der Waals surface area contributed by atoms with Crippen LogP contribution in [0.2, 0.25) is 5.02 Å². The van der Waals surface area contributed by atoms with E-state index in [4.69, 9.17) is 25.8 Å². The summed E-state index contributed by atoms with van der Waals surface area (Å²) in [6.07, 6.45) is 1.60. The topological polar surface area (TPSA) is 85.0 Å². The van der Waals surface area contributed by atoms with E-state index < -0.39 is 6.03 Å². The third-order valence-corrected chi connectivity index (χ3v) is 5.01. The minimum atomic E-state index is -0.471. The van der Waals surface area contributed by atoms with Crippen molar-refractivity contribution in [3.63, 3.8) is 0 Å². The molecule has 3 rings (SSSR count). The Morgan fingerprint density at radius 2 is 1.87 bits per heavy atom. The van der Waals surface area contributed by atoms with Gasteiger partial charge in [0.1, 0.15) is 0 Å². The molecule has 0 saturated heterocycles. The quantitative estimate of drug-likeness (QED) is 0.509. The number of anilines is 3. The van der Waals surface area contributed by atoms with Crippen LogP contribution in [0.5, 0.6) is 23.0 Å². The molecule has 0 atom stereocenters. The summed E-state index contributed by atoms with van der Waals surface area (Å²) in [6.45, 7) is 0. The van der Waals surface area contributed by atoms with Crippen LogP contribution in [0, 0.1) is 0 Å². The van der Waals surface area contributed by atoms with Crippen LogP contribution >= 0.6 is 22.9 Å². The summed E-state index contributed by atoms with van der Waals surface area (Å²) < 4.78 is 16.9. The Kier molecular flexibility index (Phi) is 6.86. The Hall–Kier alpha value is -3.17. The first-order valence-electron chi connectivity index (χ1n) is 8.80. The Bertz CT molecular complexity index is 1030. The lowest BCUT2D eigenvalue weighted by Gasteiger charge is -2.20. The number of nitrogens with one attached hydrogen (secondary N) is 2. The fraction of sp³-hybridized carbons (Fsp3) is 0.200. The third-order valence-electron chi connectivity index (χ3n) is 4.02. The smallest absolute Gasteiger partial charge is 0.325 e. The highest BCUT2D eigenvalue weighted by Crippen LogP contribution is 2.43. The van der Waals surface area contributed by atoms with E-state index in [2.05, 4.69) is 15.6 Å². The van der Waals surface area contributed by atoms with Crippen LogP contribution < -0.4 is 29.7 Å². The number of nitrogens with zero attached hydrogens (tertiary/aromatic N) is 2. The molecule has 158 valence electrons. The predicted octanol–water partition coefficient (Wildman–Crippen LogP) is 5.32. The minimum absolute atomic E-state index is 0.379. The summed E-state index contributed by atoms with van der Waals surface area (Å²) in [5.74, 6) is 1.75. The highest BCUT2D eigenvalue weighted by molar-refractivity contribution is 7.13. The lowest BCUT2D eigenvalue weighted by Crippen LogP contribution is -2.20. The summed E-state index contributed by atoms with van der Waals surface area (Å²) in [5, 5.41) is 8.11. The number of hydrogen-bond donors (Lipinski definition) is 2. The van der Waals surface area contributed by atoms with Crippen LogP contribution in [-0.2, 0) is 0 Å². The van der Waals surface area contributed by atoms with Gasteiger partial charge in [-0.3, -0.25) is 5.32 Å². The largest absolute Gasteiger partial charge is 0.493 e. The Balaban J connectivity index is 1.97. The maximum atomic E-state index is 12.4. The molecule has 30 heavy (non-hydrogen) atoms. The first-order valence-corrected chi connectivity index (χ1v) is 10.1. The number of para-hydroxylation sites is 1. The molecule has 0 radical (unpaired) electrons. The minimum Gasteiger partial charge on any atom is -0.493 e. The van der Waals surface area contributed by atoms with Crippen molar-refractivity contribution < 1.29 is 19.0 Å². The van der Waals surface area contributed by atoms with E-state index in [0.29, 0.717) is 38.8 Å². The Labute approximate surface area is 183 Å². The summed E-state index contributed by atoms with van der Waals surface area (Å²) in [6, 6.07) is 8.17. The van der Waals surface area contributed by atoms with E-state index in [1.165, 1.54) is 18.4 Å². The SMILES string of the molecule is COc1cccc(Oc2cc(N(C)C)c(Cl)cc2NC(=O)Nc2nccs2)c1OC. The molecule has 0 aliphatic carbocycles. The maximum Gasteiger partial charge on any atom is 0.325 e. The number of methoxy groups -OCH3 is 2. The molecule has 10 heteroatoms. The highest BCUT2D eigenvalue weighted by Gasteiger charge is 2.18. The molecule has 0 aliphatic heterocycles. The van der Waals surface area contributed by atoms with Crippen molar-refractivity contribution >= 4 is 45.5 Å². The molecule has 0 aliphatic rings. The molecule has 1 aromatic heterocycles. The van der Waals surface area contributed by atoms with E-state index >= 15 is 0 Å². The van der Waals surface area contributed by atoms with E-state index in [0.717, 1.165) is 5.69 Å². The molecule has 2 amide bonds. The number of thiazole rings is 1. The van der Waals surface area contributed by atoms with Crippen LogP contribution in [0.4, 0.5) is 21.3 Å². The van der Waals surface area contributed by atoms with Crippen LogP contribution in [-0.4, -0.2) is 39.3 Å². The van der Waals surface area contributed by atoms with Crippen LogP contribution in [0.15, 0.2) is 41.9 Å². The number of aromatic nitrogens is 1. The molecule has 1 heterocycles. The van der Waals surface area contributed by atoms with E-state index in [9.17, 15) is 4.79 Å². The number of ether oxygens (including phenoxy) is 3. The molecule has 2 aromatic carbocycles. The summed E-state index contributed by atoms with van der Waals surface area (Å²) in [7, 11) is 6.79. The van der Waals surface area contributed by atoms with Gasteiger partial charge in [-0.15, -0.1) is 11.3 Å². The number of amides is 2. The van der Waals surface area contributed by atoms with Crippen molar-refractivity contribution in [2.24, 2.45) is 0 Å². The number of carbonyl (C=O) groups excluding carboxylic acids is 1. The van der Waals surface area contributed by atoms with Gasteiger partial charge in [0.05, 0.1) is 30.6 Å². The van der Waals surface area contributed by atoms with Gasteiger partial charge in [0.15, 0.2) is 22.4 Å². The average molecular weight is 449 g/mol. The van der Waals surface area contributed by atoms with Gasteiger partial charge in [0.2, 0.25) is 5.75 Å². The highest BCUT2D eigenvalue weighted by atomic mass is 35.5. The van der Waals surface area contributed by atoms with Crippen molar-refractivity contribution in [3.8, 4) is 23.0 Å². The van der Waals surface area contributed by atoms with Gasteiger partial charge in [-0.1, -0.05) is 17.7 Å². The van der Waals surface area contributed by atoms with Crippen LogP contribution in [0.3, 0.4) is 0 Å². The maximum absolute atomic E-state index is 12.4. The summed E-state index contributed by atoms with van der Waals surface area (Å²) in [4.78, 5) is 18.3.